The number of anilines is 1. The predicted octanol–water partition coefficient (Wildman–Crippen LogP) is 10.5. The number of aromatic nitrogens is 1. The van der Waals surface area contributed by atoms with Gasteiger partial charge in [0, 0.05) is 16.3 Å². The number of rotatable bonds is 5. The first kappa shape index (κ1) is 29.1. The van der Waals surface area contributed by atoms with Crippen LogP contribution >= 0.6 is 0 Å². The highest BCUT2D eigenvalue weighted by atomic mass is 16.2. The maximum absolute atomic E-state index is 14.8. The van der Waals surface area contributed by atoms with Crippen molar-refractivity contribution in [1.82, 2.24) is 4.57 Å². The van der Waals surface area contributed by atoms with Gasteiger partial charge in [-0.3, -0.25) is 9.59 Å². The van der Waals surface area contributed by atoms with E-state index in [0.29, 0.717) is 28.1 Å². The zero-order valence-electron chi connectivity index (χ0n) is 26.7. The van der Waals surface area contributed by atoms with Crippen molar-refractivity contribution in [1.29, 1.82) is 5.26 Å². The van der Waals surface area contributed by atoms with Crippen molar-refractivity contribution in [2.24, 2.45) is 0 Å². The first-order chi connectivity index (χ1) is 24.6. The Morgan fingerprint density at radius 1 is 0.440 bits per heavy atom. The second kappa shape index (κ2) is 11.6. The van der Waals surface area contributed by atoms with E-state index in [1.807, 2.05) is 133 Å². The fourth-order valence-corrected chi connectivity index (χ4v) is 7.21. The number of para-hydroxylation sites is 1. The molecule has 50 heavy (non-hydrogen) atoms. The van der Waals surface area contributed by atoms with Gasteiger partial charge in [-0.05, 0) is 76.3 Å². The monoisotopic (exact) mass is 641 g/mol. The summed E-state index contributed by atoms with van der Waals surface area (Å²) in [6, 6.07) is 55.5. The largest absolute Gasteiger partial charge is 0.308 e. The molecule has 0 saturated carbocycles. The van der Waals surface area contributed by atoms with Crippen LogP contribution in [0.1, 0.15) is 26.3 Å². The second-order valence-electron chi connectivity index (χ2n) is 12.4. The van der Waals surface area contributed by atoms with Crippen LogP contribution in [-0.4, -0.2) is 16.4 Å². The average molecular weight is 642 g/mol. The molecule has 2 amide bonds. The number of nitriles is 1. The van der Waals surface area contributed by atoms with Gasteiger partial charge in [-0.25, -0.2) is 4.90 Å². The molecule has 0 atom stereocenters. The van der Waals surface area contributed by atoms with E-state index in [1.54, 1.807) is 6.07 Å². The van der Waals surface area contributed by atoms with E-state index in [9.17, 15) is 14.9 Å². The van der Waals surface area contributed by atoms with E-state index < -0.39 is 0 Å². The molecule has 0 radical (unpaired) electrons. The van der Waals surface area contributed by atoms with Crippen LogP contribution in [0.3, 0.4) is 0 Å². The molecule has 5 nitrogen and oxygen atoms in total. The molecular formula is C45H27N3O2. The van der Waals surface area contributed by atoms with E-state index in [-0.39, 0.29) is 11.8 Å². The molecule has 234 valence electrons. The molecule has 0 saturated heterocycles. The molecule has 5 heteroatoms. The number of hydrogen-bond acceptors (Lipinski definition) is 3. The van der Waals surface area contributed by atoms with Crippen LogP contribution in [0.4, 0.5) is 5.69 Å². The summed E-state index contributed by atoms with van der Waals surface area (Å²) in [5.41, 5.74) is 10.1. The number of nitrogens with zero attached hydrogens (tertiary/aromatic N) is 3. The predicted molar refractivity (Wildman–Crippen MR) is 199 cm³/mol. The molecule has 2 heterocycles. The van der Waals surface area contributed by atoms with Gasteiger partial charge < -0.3 is 4.57 Å². The number of amides is 2. The number of fused-ring (bicyclic) bond motifs is 4. The molecule has 8 aromatic rings. The van der Waals surface area contributed by atoms with Gasteiger partial charge >= 0.3 is 0 Å². The van der Waals surface area contributed by atoms with Gasteiger partial charge in [-0.15, -0.1) is 0 Å². The molecule has 0 N–H and O–H groups in total. The molecule has 9 rings (SSSR count). The Labute approximate surface area is 288 Å². The van der Waals surface area contributed by atoms with Crippen molar-refractivity contribution in [3.05, 3.63) is 180 Å². The summed E-state index contributed by atoms with van der Waals surface area (Å²) in [6.45, 7) is 0. The van der Waals surface area contributed by atoms with E-state index in [4.69, 9.17) is 0 Å². The Kier molecular flexibility index (Phi) is 6.75. The highest BCUT2D eigenvalue weighted by Gasteiger charge is 2.40. The van der Waals surface area contributed by atoms with Crippen molar-refractivity contribution >= 4 is 39.3 Å². The fraction of sp³-hybridized carbons (Fsp3) is 0. The lowest BCUT2D eigenvalue weighted by molar-refractivity contribution is 0.0926. The third kappa shape index (κ3) is 4.55. The molecule has 0 unspecified atom stereocenters. The molecule has 0 aliphatic carbocycles. The summed E-state index contributed by atoms with van der Waals surface area (Å²) in [5, 5.41) is 11.3. The quantitative estimate of drug-likeness (QED) is 0.176. The Morgan fingerprint density at radius 2 is 1.06 bits per heavy atom. The van der Waals surface area contributed by atoms with Crippen molar-refractivity contribution < 1.29 is 9.59 Å². The number of imide groups is 1. The Bertz CT molecular complexity index is 2690. The van der Waals surface area contributed by atoms with Gasteiger partial charge in [-0.1, -0.05) is 115 Å². The minimum atomic E-state index is -0.358. The third-order valence-electron chi connectivity index (χ3n) is 9.58. The maximum Gasteiger partial charge on any atom is 0.268 e. The fourth-order valence-electron chi connectivity index (χ4n) is 7.21. The summed E-state index contributed by atoms with van der Waals surface area (Å²) in [6.07, 6.45) is 0. The molecule has 0 fully saturated rings. The van der Waals surface area contributed by atoms with Gasteiger partial charge in [-0.2, -0.15) is 5.26 Å². The first-order valence-electron chi connectivity index (χ1n) is 16.4. The normalized spacial score (nSPS) is 12.4. The number of hydrogen-bond donors (Lipinski definition) is 0. The van der Waals surface area contributed by atoms with Crippen LogP contribution < -0.4 is 4.90 Å². The molecule has 1 aliphatic heterocycles. The summed E-state index contributed by atoms with van der Waals surface area (Å²) >= 11 is 0. The van der Waals surface area contributed by atoms with E-state index in [1.165, 1.54) is 4.90 Å². The molecule has 7 aromatic carbocycles. The van der Waals surface area contributed by atoms with Crippen LogP contribution in [-0.2, 0) is 0 Å². The topological polar surface area (TPSA) is 66.1 Å². The van der Waals surface area contributed by atoms with Crippen LogP contribution in [0.25, 0.3) is 60.9 Å². The molecular weight excluding hydrogens is 615 g/mol. The van der Waals surface area contributed by atoms with Crippen molar-refractivity contribution in [3.8, 4) is 45.1 Å². The standard InChI is InChI=1S/C45H27N3O2/c46-28-29-18-20-31(21-19-29)33-23-25-40-38(26-33)36-14-7-8-16-39(36)47(40)41-17-9-15-37-43(41)45(50)48(44(37)49)42-27-34(30-10-3-1-4-11-30)22-24-35(42)32-12-5-2-6-13-32/h1-27H. The van der Waals surface area contributed by atoms with Crippen LogP contribution in [0.15, 0.2) is 164 Å². The number of carbonyl (C=O) groups excluding carboxylic acids is 2. The average Bonchev–Trinajstić information content (AvgIpc) is 3.65. The Balaban J connectivity index is 1.22. The second-order valence-corrected chi connectivity index (χ2v) is 12.4. The summed E-state index contributed by atoms with van der Waals surface area (Å²) in [5.74, 6) is -0.707. The molecule has 1 aromatic heterocycles. The van der Waals surface area contributed by atoms with E-state index >= 15 is 0 Å². The third-order valence-corrected chi connectivity index (χ3v) is 9.58. The van der Waals surface area contributed by atoms with Crippen molar-refractivity contribution in [2.45, 2.75) is 0 Å². The van der Waals surface area contributed by atoms with Gasteiger partial charge in [0.05, 0.1) is 45.2 Å². The van der Waals surface area contributed by atoms with Gasteiger partial charge in [0.2, 0.25) is 0 Å². The summed E-state index contributed by atoms with van der Waals surface area (Å²) < 4.78 is 2.10. The van der Waals surface area contributed by atoms with Crippen LogP contribution in [0.2, 0.25) is 0 Å². The van der Waals surface area contributed by atoms with Crippen LogP contribution in [0, 0.1) is 11.3 Å². The summed E-state index contributed by atoms with van der Waals surface area (Å²) in [4.78, 5) is 30.5. The van der Waals surface area contributed by atoms with Crippen molar-refractivity contribution in [2.75, 3.05) is 4.90 Å². The molecule has 1 aliphatic rings. The highest BCUT2D eigenvalue weighted by molar-refractivity contribution is 6.36. The lowest BCUT2D eigenvalue weighted by atomic mass is 9.97. The Morgan fingerprint density at radius 3 is 1.82 bits per heavy atom. The van der Waals surface area contributed by atoms with Gasteiger partial charge in [0.25, 0.3) is 11.8 Å². The number of carbonyl (C=O) groups is 2. The van der Waals surface area contributed by atoms with Gasteiger partial charge in [0.1, 0.15) is 0 Å². The SMILES string of the molecule is N#Cc1ccc(-c2ccc3c(c2)c2ccccc2n3-c2cccc3c2C(=O)N(c2cc(-c4ccccc4)ccc2-c2ccccc2)C3=O)cc1. The minimum Gasteiger partial charge on any atom is -0.308 e. The summed E-state index contributed by atoms with van der Waals surface area (Å²) in [7, 11) is 0. The van der Waals surface area contributed by atoms with Crippen LogP contribution in [0.5, 0.6) is 0 Å². The van der Waals surface area contributed by atoms with E-state index in [2.05, 4.69) is 34.9 Å². The zero-order chi connectivity index (χ0) is 33.8. The zero-order valence-corrected chi connectivity index (χ0v) is 26.7. The molecule has 0 bridgehead atoms. The Hall–Kier alpha value is -7.03. The highest BCUT2D eigenvalue weighted by Crippen LogP contribution is 2.42. The van der Waals surface area contributed by atoms with Gasteiger partial charge in [0.15, 0.2) is 0 Å². The molecule has 0 spiro atoms. The first-order valence-corrected chi connectivity index (χ1v) is 16.4. The van der Waals surface area contributed by atoms with Crippen molar-refractivity contribution in [3.63, 3.8) is 0 Å². The minimum absolute atomic E-state index is 0.349. The lowest BCUT2D eigenvalue weighted by Crippen LogP contribution is -2.30. The lowest BCUT2D eigenvalue weighted by Gasteiger charge is -2.20. The maximum atomic E-state index is 14.8. The number of benzene rings is 7. The smallest absolute Gasteiger partial charge is 0.268 e. The van der Waals surface area contributed by atoms with E-state index in [0.717, 1.165) is 55.2 Å².